The van der Waals surface area contributed by atoms with Gasteiger partial charge in [-0.1, -0.05) is 53.6 Å². The highest BCUT2D eigenvalue weighted by atomic mass is 35.5. The van der Waals surface area contributed by atoms with E-state index in [1.807, 2.05) is 49.4 Å². The Labute approximate surface area is 197 Å². The molecule has 5 rings (SSSR count). The monoisotopic (exact) mass is 464 g/mol. The lowest BCUT2D eigenvalue weighted by atomic mass is 10.1. The molecule has 2 aliphatic rings. The molecule has 8 heteroatoms. The Morgan fingerprint density at radius 3 is 2.64 bits per heavy atom. The largest absolute Gasteiger partial charge is 0.419 e. The maximum Gasteiger partial charge on any atom is 0.249 e. The smallest absolute Gasteiger partial charge is 0.249 e. The Balaban J connectivity index is 1.26. The van der Waals surface area contributed by atoms with E-state index in [2.05, 4.69) is 10.2 Å². The van der Waals surface area contributed by atoms with Crippen molar-refractivity contribution in [2.24, 2.45) is 5.92 Å². The molecule has 170 valence electrons. The molecule has 33 heavy (non-hydrogen) atoms. The second-order valence-corrected chi connectivity index (χ2v) is 9.25. The molecule has 0 radical (unpaired) electrons. The molecule has 3 aromatic rings. The molecule has 1 aromatic heterocycles. The number of carbonyl (C=O) groups excluding carboxylic acids is 2. The van der Waals surface area contributed by atoms with E-state index >= 15 is 0 Å². The van der Waals surface area contributed by atoms with Crippen molar-refractivity contribution in [2.75, 3.05) is 6.54 Å². The quantitative estimate of drug-likeness (QED) is 0.522. The molecule has 7 nitrogen and oxygen atoms in total. The zero-order valence-electron chi connectivity index (χ0n) is 18.4. The van der Waals surface area contributed by atoms with E-state index in [9.17, 15) is 9.59 Å². The maximum absolute atomic E-state index is 13.4. The minimum atomic E-state index is -0.352. The van der Waals surface area contributed by atoms with Gasteiger partial charge in [-0.2, -0.15) is 0 Å². The number of carbonyl (C=O) groups is 2. The van der Waals surface area contributed by atoms with Gasteiger partial charge in [0.05, 0.1) is 23.0 Å². The first-order valence-corrected chi connectivity index (χ1v) is 11.6. The number of benzene rings is 2. The highest BCUT2D eigenvalue weighted by Crippen LogP contribution is 2.33. The van der Waals surface area contributed by atoms with Crippen LogP contribution in [0.2, 0.25) is 5.02 Å². The van der Waals surface area contributed by atoms with Crippen LogP contribution >= 0.6 is 11.6 Å². The summed E-state index contributed by atoms with van der Waals surface area (Å²) in [6.45, 7) is 3.23. The maximum atomic E-state index is 13.4. The van der Waals surface area contributed by atoms with Gasteiger partial charge in [-0.05, 0) is 37.5 Å². The molecule has 2 amide bonds. The van der Waals surface area contributed by atoms with Crippen LogP contribution in [0, 0.1) is 12.8 Å². The van der Waals surface area contributed by atoms with Crippen LogP contribution in [-0.4, -0.2) is 44.4 Å². The minimum absolute atomic E-state index is 0.0171. The normalized spacial score (nSPS) is 18.1. The van der Waals surface area contributed by atoms with Crippen molar-refractivity contribution in [3.8, 4) is 11.5 Å². The Hall–Kier alpha value is -3.19. The van der Waals surface area contributed by atoms with E-state index in [1.54, 1.807) is 15.9 Å². The molecule has 1 atom stereocenters. The fourth-order valence-electron chi connectivity index (χ4n) is 4.22. The summed E-state index contributed by atoms with van der Waals surface area (Å²) in [4.78, 5) is 29.6. The summed E-state index contributed by atoms with van der Waals surface area (Å²) in [6.07, 6.45) is 2.14. The number of likely N-dealkylation sites (tertiary alicyclic amines) is 1. The van der Waals surface area contributed by atoms with Gasteiger partial charge >= 0.3 is 0 Å². The summed E-state index contributed by atoms with van der Waals surface area (Å²) in [6, 6.07) is 15.6. The number of halogens is 1. The van der Waals surface area contributed by atoms with Crippen LogP contribution in [0.1, 0.15) is 36.3 Å². The van der Waals surface area contributed by atoms with Crippen molar-refractivity contribution in [1.29, 1.82) is 0 Å². The molecular formula is C25H25ClN4O3. The van der Waals surface area contributed by atoms with Gasteiger partial charge in [0.1, 0.15) is 0 Å². The zero-order chi connectivity index (χ0) is 22.9. The molecule has 0 N–H and O–H groups in total. The number of nitrogens with zero attached hydrogens (tertiary/aromatic N) is 4. The van der Waals surface area contributed by atoms with Crippen LogP contribution in [0.5, 0.6) is 0 Å². The van der Waals surface area contributed by atoms with Gasteiger partial charge in [0.2, 0.25) is 23.6 Å². The second-order valence-electron chi connectivity index (χ2n) is 8.84. The molecule has 0 unspecified atom stereocenters. The Morgan fingerprint density at radius 1 is 1.15 bits per heavy atom. The predicted octanol–water partition coefficient (Wildman–Crippen LogP) is 4.24. The van der Waals surface area contributed by atoms with E-state index < -0.39 is 0 Å². The molecule has 1 saturated heterocycles. The van der Waals surface area contributed by atoms with Crippen LogP contribution in [-0.2, 0) is 22.7 Å². The highest BCUT2D eigenvalue weighted by Gasteiger charge is 2.41. The van der Waals surface area contributed by atoms with Gasteiger partial charge in [0.25, 0.3) is 0 Å². The van der Waals surface area contributed by atoms with Crippen molar-refractivity contribution < 1.29 is 14.0 Å². The summed E-state index contributed by atoms with van der Waals surface area (Å²) in [7, 11) is 0. The summed E-state index contributed by atoms with van der Waals surface area (Å²) < 4.78 is 5.82. The van der Waals surface area contributed by atoms with Crippen LogP contribution in [0.15, 0.2) is 52.9 Å². The standard InChI is InChI=1S/C25H25ClN4O3/c1-16-6-8-17(9-7-16)13-29-14-18(12-23(29)31)25(32)30(19-10-11-19)15-22-27-28-24(33-22)20-4-2-3-5-21(20)26/h2-9,18-19H,10-15H2,1H3/t18-/m1/s1. The van der Waals surface area contributed by atoms with Gasteiger partial charge in [0.15, 0.2) is 0 Å². The number of amides is 2. The average Bonchev–Trinajstić information content (AvgIpc) is 3.44. The molecule has 1 saturated carbocycles. The van der Waals surface area contributed by atoms with E-state index in [0.717, 1.165) is 18.4 Å². The lowest BCUT2D eigenvalue weighted by molar-refractivity contribution is -0.137. The summed E-state index contributed by atoms with van der Waals surface area (Å²) in [5.41, 5.74) is 2.91. The molecule has 0 spiro atoms. The topological polar surface area (TPSA) is 79.5 Å². The first-order chi connectivity index (χ1) is 16.0. The third-order valence-corrected chi connectivity index (χ3v) is 6.53. The van der Waals surface area contributed by atoms with Crippen molar-refractivity contribution in [1.82, 2.24) is 20.0 Å². The Bertz CT molecular complexity index is 1170. The van der Waals surface area contributed by atoms with Crippen molar-refractivity contribution in [2.45, 2.75) is 45.3 Å². The van der Waals surface area contributed by atoms with E-state index in [0.29, 0.717) is 35.5 Å². The number of rotatable bonds is 7. The second kappa shape index (κ2) is 8.98. The van der Waals surface area contributed by atoms with Crippen LogP contribution in [0.25, 0.3) is 11.5 Å². The summed E-state index contributed by atoms with van der Waals surface area (Å²) in [5, 5.41) is 8.78. The number of hydrogen-bond donors (Lipinski definition) is 0. The number of aryl methyl sites for hydroxylation is 1. The lowest BCUT2D eigenvalue weighted by Crippen LogP contribution is -2.38. The van der Waals surface area contributed by atoms with Crippen molar-refractivity contribution >= 4 is 23.4 Å². The van der Waals surface area contributed by atoms with E-state index in [1.165, 1.54) is 5.56 Å². The Morgan fingerprint density at radius 2 is 1.91 bits per heavy atom. The molecule has 2 fully saturated rings. The first-order valence-electron chi connectivity index (χ1n) is 11.2. The molecule has 2 heterocycles. The van der Waals surface area contributed by atoms with Gasteiger partial charge < -0.3 is 14.2 Å². The third kappa shape index (κ3) is 4.78. The SMILES string of the molecule is Cc1ccc(CN2C[C@H](C(=O)N(Cc3nnc(-c4ccccc4Cl)o3)C3CC3)CC2=O)cc1. The van der Waals surface area contributed by atoms with Crippen LogP contribution in [0.4, 0.5) is 0 Å². The summed E-state index contributed by atoms with van der Waals surface area (Å²) in [5.74, 6) is 0.345. The molecule has 1 aliphatic heterocycles. The van der Waals surface area contributed by atoms with Crippen molar-refractivity contribution in [3.63, 3.8) is 0 Å². The lowest BCUT2D eigenvalue weighted by Gasteiger charge is -2.24. The molecular weight excluding hydrogens is 440 g/mol. The van der Waals surface area contributed by atoms with Gasteiger partial charge in [-0.15, -0.1) is 10.2 Å². The average molecular weight is 465 g/mol. The van der Waals surface area contributed by atoms with Gasteiger partial charge in [0, 0.05) is 25.6 Å². The molecule has 2 aromatic carbocycles. The van der Waals surface area contributed by atoms with E-state index in [-0.39, 0.29) is 36.7 Å². The predicted molar refractivity (Wildman–Crippen MR) is 123 cm³/mol. The van der Waals surface area contributed by atoms with Gasteiger partial charge in [-0.25, -0.2) is 0 Å². The fourth-order valence-corrected chi connectivity index (χ4v) is 4.44. The fraction of sp³-hybridized carbons (Fsp3) is 0.360. The number of aromatic nitrogens is 2. The summed E-state index contributed by atoms with van der Waals surface area (Å²) >= 11 is 6.23. The highest BCUT2D eigenvalue weighted by molar-refractivity contribution is 6.33. The third-order valence-electron chi connectivity index (χ3n) is 6.21. The molecule has 1 aliphatic carbocycles. The molecule has 0 bridgehead atoms. The van der Waals surface area contributed by atoms with Crippen LogP contribution < -0.4 is 0 Å². The Kier molecular flexibility index (Phi) is 5.89. The zero-order valence-corrected chi connectivity index (χ0v) is 19.2. The number of hydrogen-bond acceptors (Lipinski definition) is 5. The van der Waals surface area contributed by atoms with Gasteiger partial charge in [-0.3, -0.25) is 9.59 Å². The minimum Gasteiger partial charge on any atom is -0.419 e. The van der Waals surface area contributed by atoms with Crippen molar-refractivity contribution in [3.05, 3.63) is 70.6 Å². The van der Waals surface area contributed by atoms with E-state index in [4.69, 9.17) is 16.0 Å². The van der Waals surface area contributed by atoms with Crippen LogP contribution in [0.3, 0.4) is 0 Å². The first kappa shape index (κ1) is 21.6.